The zero-order valence-corrected chi connectivity index (χ0v) is 18.7. The number of nitrogens with one attached hydrogen (secondary N) is 1. The molecule has 1 aliphatic rings. The fourth-order valence-electron chi connectivity index (χ4n) is 3.36. The molecule has 0 aliphatic carbocycles. The standard InChI is InChI=1S/C24H23N3O5S/c28-24(20-8-10-21(11-9-20)33(29,30)27-14-17-31-18-15-27)26-12-1-2-16-32-22-7-3-5-19-6-4-13-25-23(19)22/h3-11,13H,12,14-18H2,(H,26,28). The van der Waals surface area contributed by atoms with E-state index in [2.05, 4.69) is 22.1 Å². The number of nitrogens with zero attached hydrogens (tertiary/aromatic N) is 2. The summed E-state index contributed by atoms with van der Waals surface area (Å²) in [4.78, 5) is 16.8. The van der Waals surface area contributed by atoms with Gasteiger partial charge in [0.15, 0.2) is 0 Å². The molecule has 1 aromatic heterocycles. The van der Waals surface area contributed by atoms with Crippen LogP contribution in [0.5, 0.6) is 5.75 Å². The van der Waals surface area contributed by atoms with E-state index in [9.17, 15) is 13.2 Å². The van der Waals surface area contributed by atoms with Gasteiger partial charge >= 0.3 is 0 Å². The van der Waals surface area contributed by atoms with E-state index in [0.29, 0.717) is 37.6 Å². The van der Waals surface area contributed by atoms with Gasteiger partial charge in [0.25, 0.3) is 5.91 Å². The average Bonchev–Trinajstić information content (AvgIpc) is 2.86. The molecule has 1 fully saturated rings. The van der Waals surface area contributed by atoms with Crippen LogP contribution >= 0.6 is 0 Å². The highest BCUT2D eigenvalue weighted by Gasteiger charge is 2.26. The molecule has 1 aliphatic heterocycles. The van der Waals surface area contributed by atoms with Gasteiger partial charge in [-0.1, -0.05) is 30.0 Å². The molecule has 2 aromatic carbocycles. The van der Waals surface area contributed by atoms with Gasteiger partial charge < -0.3 is 14.8 Å². The monoisotopic (exact) mass is 465 g/mol. The van der Waals surface area contributed by atoms with Crippen LogP contribution in [0, 0.1) is 11.8 Å². The predicted molar refractivity (Wildman–Crippen MR) is 123 cm³/mol. The molecule has 3 aromatic rings. The van der Waals surface area contributed by atoms with Crippen molar-refractivity contribution in [2.24, 2.45) is 0 Å². The molecule has 1 saturated heterocycles. The first-order chi connectivity index (χ1) is 16.1. The number of hydrogen-bond acceptors (Lipinski definition) is 6. The molecule has 8 nitrogen and oxygen atoms in total. The van der Waals surface area contributed by atoms with Crippen LogP contribution in [0.2, 0.25) is 0 Å². The zero-order chi connectivity index (χ0) is 23.1. The number of sulfonamides is 1. The van der Waals surface area contributed by atoms with E-state index >= 15 is 0 Å². The van der Waals surface area contributed by atoms with Crippen LogP contribution in [0.3, 0.4) is 0 Å². The summed E-state index contributed by atoms with van der Waals surface area (Å²) >= 11 is 0. The lowest BCUT2D eigenvalue weighted by molar-refractivity contribution is 0.0730. The highest BCUT2D eigenvalue weighted by Crippen LogP contribution is 2.22. The number of carbonyl (C=O) groups excluding carboxylic acids is 1. The first kappa shape index (κ1) is 22.7. The summed E-state index contributed by atoms with van der Waals surface area (Å²) in [6.45, 7) is 1.71. The van der Waals surface area contributed by atoms with Crippen LogP contribution in [0.4, 0.5) is 0 Å². The van der Waals surface area contributed by atoms with Gasteiger partial charge in [0.2, 0.25) is 10.0 Å². The Hall–Kier alpha value is -3.45. The number of carbonyl (C=O) groups is 1. The lowest BCUT2D eigenvalue weighted by Crippen LogP contribution is -2.40. The quantitative estimate of drug-likeness (QED) is 0.560. The number of amides is 1. The Morgan fingerprint density at radius 2 is 1.82 bits per heavy atom. The van der Waals surface area contributed by atoms with Gasteiger partial charge in [-0.25, -0.2) is 8.42 Å². The Kier molecular flexibility index (Phi) is 7.19. The maximum Gasteiger partial charge on any atom is 0.252 e. The number of rotatable bonds is 6. The molecule has 0 saturated carbocycles. The summed E-state index contributed by atoms with van der Waals surface area (Å²) < 4.78 is 37.6. The number of hydrogen-bond donors (Lipinski definition) is 1. The number of morpholine rings is 1. The first-order valence-corrected chi connectivity index (χ1v) is 11.9. The van der Waals surface area contributed by atoms with E-state index in [1.165, 1.54) is 28.6 Å². The molecule has 0 atom stereocenters. The SMILES string of the molecule is O=C(NCC#CCOc1cccc2cccnc12)c1ccc(S(=O)(=O)N2CCOCC2)cc1. The van der Waals surface area contributed by atoms with Gasteiger partial charge in [0.05, 0.1) is 24.7 Å². The van der Waals surface area contributed by atoms with Crippen molar-refractivity contribution in [3.63, 3.8) is 0 Å². The fourth-order valence-corrected chi connectivity index (χ4v) is 4.77. The Morgan fingerprint density at radius 1 is 1.06 bits per heavy atom. The lowest BCUT2D eigenvalue weighted by atomic mass is 10.2. The third-order valence-electron chi connectivity index (χ3n) is 5.08. The predicted octanol–water partition coefficient (Wildman–Crippen LogP) is 2.07. The highest BCUT2D eigenvalue weighted by atomic mass is 32.2. The molecule has 2 heterocycles. The van der Waals surface area contributed by atoms with Crippen molar-refractivity contribution in [3.05, 3.63) is 66.4 Å². The number of aromatic nitrogens is 1. The molecule has 0 unspecified atom stereocenters. The molecule has 0 bridgehead atoms. The van der Waals surface area contributed by atoms with Crippen molar-refractivity contribution in [2.75, 3.05) is 39.5 Å². The van der Waals surface area contributed by atoms with Gasteiger partial charge in [0.1, 0.15) is 17.9 Å². The Labute approximate surface area is 192 Å². The number of fused-ring (bicyclic) bond motifs is 1. The van der Waals surface area contributed by atoms with Gasteiger partial charge in [0, 0.05) is 30.2 Å². The van der Waals surface area contributed by atoms with E-state index in [1.54, 1.807) is 6.20 Å². The summed E-state index contributed by atoms with van der Waals surface area (Å²) in [5.41, 5.74) is 1.13. The van der Waals surface area contributed by atoms with Crippen LogP contribution in [-0.4, -0.2) is 63.1 Å². The molecule has 4 rings (SSSR count). The van der Waals surface area contributed by atoms with E-state index in [-0.39, 0.29) is 24.0 Å². The van der Waals surface area contributed by atoms with Crippen molar-refractivity contribution < 1.29 is 22.7 Å². The minimum absolute atomic E-state index is 0.143. The van der Waals surface area contributed by atoms with Gasteiger partial charge in [-0.3, -0.25) is 9.78 Å². The fraction of sp³-hybridized carbons (Fsp3) is 0.250. The Morgan fingerprint density at radius 3 is 2.61 bits per heavy atom. The van der Waals surface area contributed by atoms with Crippen LogP contribution in [-0.2, 0) is 14.8 Å². The van der Waals surface area contributed by atoms with Gasteiger partial charge in [-0.2, -0.15) is 4.31 Å². The molecule has 0 spiro atoms. The van der Waals surface area contributed by atoms with Crippen molar-refractivity contribution >= 4 is 26.8 Å². The Balaban J connectivity index is 1.27. The van der Waals surface area contributed by atoms with Gasteiger partial charge in [-0.15, -0.1) is 0 Å². The maximum atomic E-state index is 12.7. The average molecular weight is 466 g/mol. The number of ether oxygens (including phenoxy) is 2. The molecular weight excluding hydrogens is 442 g/mol. The van der Waals surface area contributed by atoms with E-state index < -0.39 is 10.0 Å². The summed E-state index contributed by atoms with van der Waals surface area (Å²) in [6, 6.07) is 15.4. The Bertz CT molecular complexity index is 1290. The molecular formula is C24H23N3O5S. The largest absolute Gasteiger partial charge is 0.479 e. The van der Waals surface area contributed by atoms with Gasteiger partial charge in [-0.05, 0) is 36.4 Å². The number of para-hydroxylation sites is 1. The molecule has 0 radical (unpaired) electrons. The summed E-state index contributed by atoms with van der Waals surface area (Å²) in [5, 5.41) is 3.68. The van der Waals surface area contributed by atoms with E-state index in [1.807, 2.05) is 30.3 Å². The van der Waals surface area contributed by atoms with Crippen molar-refractivity contribution in [2.45, 2.75) is 4.90 Å². The van der Waals surface area contributed by atoms with Crippen molar-refractivity contribution in [3.8, 4) is 17.6 Å². The summed E-state index contributed by atoms with van der Waals surface area (Å²) in [6.07, 6.45) is 1.71. The van der Waals surface area contributed by atoms with Crippen molar-refractivity contribution in [1.29, 1.82) is 0 Å². The van der Waals surface area contributed by atoms with Crippen LogP contribution in [0.25, 0.3) is 10.9 Å². The van der Waals surface area contributed by atoms with E-state index in [4.69, 9.17) is 9.47 Å². The molecule has 33 heavy (non-hydrogen) atoms. The first-order valence-electron chi connectivity index (χ1n) is 10.4. The molecule has 1 N–H and O–H groups in total. The number of pyridine rings is 1. The summed E-state index contributed by atoms with van der Waals surface area (Å²) in [7, 11) is -3.59. The smallest absolute Gasteiger partial charge is 0.252 e. The molecule has 1 amide bonds. The van der Waals surface area contributed by atoms with Crippen LogP contribution < -0.4 is 10.1 Å². The normalized spacial score (nSPS) is 14.3. The minimum Gasteiger partial charge on any atom is -0.479 e. The second-order valence-electron chi connectivity index (χ2n) is 7.20. The lowest BCUT2D eigenvalue weighted by Gasteiger charge is -2.26. The van der Waals surface area contributed by atoms with E-state index in [0.717, 1.165) is 10.9 Å². The second kappa shape index (κ2) is 10.4. The maximum absolute atomic E-state index is 12.7. The third-order valence-corrected chi connectivity index (χ3v) is 7.00. The summed E-state index contributed by atoms with van der Waals surface area (Å²) in [5.74, 6) is 6.02. The zero-order valence-electron chi connectivity index (χ0n) is 17.9. The second-order valence-corrected chi connectivity index (χ2v) is 9.13. The number of benzene rings is 2. The molecule has 170 valence electrons. The van der Waals surface area contributed by atoms with Crippen LogP contribution in [0.15, 0.2) is 65.7 Å². The topological polar surface area (TPSA) is 97.8 Å². The highest BCUT2D eigenvalue weighted by molar-refractivity contribution is 7.89. The van der Waals surface area contributed by atoms with Crippen molar-refractivity contribution in [1.82, 2.24) is 14.6 Å². The third kappa shape index (κ3) is 5.49. The molecule has 9 heteroatoms. The minimum atomic E-state index is -3.59. The van der Waals surface area contributed by atoms with Crippen LogP contribution in [0.1, 0.15) is 10.4 Å².